The lowest BCUT2D eigenvalue weighted by Gasteiger charge is -2.13. The highest BCUT2D eigenvalue weighted by molar-refractivity contribution is 8.01. The first-order valence-electron chi connectivity index (χ1n) is 12.4. The molecule has 2 aromatic heterocycles. The van der Waals surface area contributed by atoms with Gasteiger partial charge >= 0.3 is 0 Å². The van der Waals surface area contributed by atoms with E-state index in [1.54, 1.807) is 36.5 Å². The minimum Gasteiger partial charge on any atom is -0.448 e. The molecule has 38 heavy (non-hydrogen) atoms. The van der Waals surface area contributed by atoms with Crippen LogP contribution in [0, 0.1) is 0 Å². The Kier molecular flexibility index (Phi) is 6.66. The fourth-order valence-electron chi connectivity index (χ4n) is 4.31. The van der Waals surface area contributed by atoms with E-state index >= 15 is 0 Å². The molecule has 0 unspecified atom stereocenters. The number of aromatic nitrogens is 1. The summed E-state index contributed by atoms with van der Waals surface area (Å²) in [4.78, 5) is 36.2. The van der Waals surface area contributed by atoms with Crippen molar-refractivity contribution in [2.45, 2.75) is 35.6 Å². The number of aliphatic imine (C=N–C) groups is 1. The molecule has 0 aliphatic carbocycles. The molecule has 188 valence electrons. The normalized spacial score (nSPS) is 13.2. The number of carbonyl (C=O) groups excluding carboxylic acids is 2. The zero-order valence-corrected chi connectivity index (χ0v) is 22.2. The molecular weight excluding hydrogens is 514 g/mol. The number of carbonyl (C=O) groups is 2. The fraction of sp³-hybridized carbons (Fsp3) is 0.133. The quantitative estimate of drug-likeness (QED) is 0.148. The van der Waals surface area contributed by atoms with E-state index in [1.165, 1.54) is 46.4 Å². The summed E-state index contributed by atoms with van der Waals surface area (Å²) in [5.74, 6) is 0.0548. The van der Waals surface area contributed by atoms with Crippen LogP contribution in [0.3, 0.4) is 0 Å². The van der Waals surface area contributed by atoms with Gasteiger partial charge in [-0.3, -0.25) is 14.6 Å². The Labute approximate surface area is 228 Å². The maximum absolute atomic E-state index is 12.9. The van der Waals surface area contributed by atoms with E-state index in [0.717, 1.165) is 26.7 Å². The molecule has 5 aromatic rings. The van der Waals surface area contributed by atoms with Gasteiger partial charge < -0.3 is 4.42 Å². The van der Waals surface area contributed by atoms with Crippen LogP contribution in [0.1, 0.15) is 51.8 Å². The molecule has 6 nitrogen and oxygen atoms in total. The predicted molar refractivity (Wildman–Crippen MR) is 152 cm³/mol. The van der Waals surface area contributed by atoms with Gasteiger partial charge in [0.05, 0.1) is 38.9 Å². The average Bonchev–Trinajstić information content (AvgIpc) is 3.63. The van der Waals surface area contributed by atoms with Crippen LogP contribution >= 0.6 is 23.1 Å². The molecule has 0 N–H and O–H groups in total. The molecule has 0 atom stereocenters. The second-order valence-corrected chi connectivity index (χ2v) is 11.2. The molecule has 1 aliphatic heterocycles. The molecule has 3 aromatic carbocycles. The Morgan fingerprint density at radius 3 is 2.47 bits per heavy atom. The summed E-state index contributed by atoms with van der Waals surface area (Å²) in [6.07, 6.45) is 5.19. The molecule has 0 bridgehead atoms. The van der Waals surface area contributed by atoms with Crippen LogP contribution in [0.25, 0.3) is 10.2 Å². The van der Waals surface area contributed by atoms with Crippen LogP contribution in [0.2, 0.25) is 0 Å². The standard InChI is InChI=1S/C30H23N3O3S2/c1-2-3-6-19-9-11-20(12-10-19)31-18-22-14-16-27(36-22)38-30-32-25-15-13-21(17-26(25)37-30)33-28(34)23-7-4-5-8-24(23)29(33)35/h4-5,7-18H,2-3,6H2,1H3. The SMILES string of the molecule is CCCCc1ccc(N=Cc2ccc(Sc3nc4ccc(N5C(=O)c6ccccc6C5=O)cc4s3)o2)cc1. The van der Waals surface area contributed by atoms with E-state index in [9.17, 15) is 9.59 Å². The molecule has 8 heteroatoms. The van der Waals surface area contributed by atoms with E-state index in [1.807, 2.05) is 36.4 Å². The van der Waals surface area contributed by atoms with Crippen molar-refractivity contribution in [1.82, 2.24) is 4.98 Å². The Morgan fingerprint density at radius 2 is 1.74 bits per heavy atom. The molecular formula is C30H23N3O3S2. The number of anilines is 1. The zero-order valence-electron chi connectivity index (χ0n) is 20.6. The van der Waals surface area contributed by atoms with Gasteiger partial charge in [0.25, 0.3) is 11.8 Å². The van der Waals surface area contributed by atoms with Crippen LogP contribution in [0.5, 0.6) is 0 Å². The van der Waals surface area contributed by atoms with Gasteiger partial charge in [-0.05, 0) is 84.8 Å². The van der Waals surface area contributed by atoms with E-state index < -0.39 is 0 Å². The molecule has 3 heterocycles. The molecule has 0 spiro atoms. The van der Waals surface area contributed by atoms with Crippen LogP contribution < -0.4 is 4.90 Å². The van der Waals surface area contributed by atoms with E-state index in [0.29, 0.717) is 27.7 Å². The van der Waals surface area contributed by atoms with Gasteiger partial charge in [-0.15, -0.1) is 11.3 Å². The highest BCUT2D eigenvalue weighted by Gasteiger charge is 2.36. The van der Waals surface area contributed by atoms with Crippen LogP contribution in [-0.2, 0) is 6.42 Å². The molecule has 0 fully saturated rings. The number of hydrogen-bond donors (Lipinski definition) is 0. The summed E-state index contributed by atoms with van der Waals surface area (Å²) >= 11 is 2.91. The van der Waals surface area contributed by atoms with E-state index in [4.69, 9.17) is 4.42 Å². The summed E-state index contributed by atoms with van der Waals surface area (Å²) in [5.41, 5.74) is 4.41. The van der Waals surface area contributed by atoms with Gasteiger partial charge in [-0.1, -0.05) is 37.6 Å². The largest absolute Gasteiger partial charge is 0.448 e. The predicted octanol–water partition coefficient (Wildman–Crippen LogP) is 7.93. The lowest BCUT2D eigenvalue weighted by Crippen LogP contribution is -2.29. The molecule has 6 rings (SSSR count). The summed E-state index contributed by atoms with van der Waals surface area (Å²) in [6.45, 7) is 2.20. The Hall–Kier alpha value is -4.01. The van der Waals surface area contributed by atoms with Crippen molar-refractivity contribution >= 4 is 62.7 Å². The minimum atomic E-state index is -0.304. The average molecular weight is 538 g/mol. The number of aryl methyl sites for hydroxylation is 1. The van der Waals surface area contributed by atoms with Crippen molar-refractivity contribution in [2.24, 2.45) is 4.99 Å². The fourth-order valence-corrected chi connectivity index (χ4v) is 6.31. The van der Waals surface area contributed by atoms with E-state index in [-0.39, 0.29) is 11.8 Å². The number of nitrogens with zero attached hydrogens (tertiary/aromatic N) is 3. The smallest absolute Gasteiger partial charge is 0.266 e. The number of rotatable bonds is 8. The topological polar surface area (TPSA) is 75.8 Å². The highest BCUT2D eigenvalue weighted by Crippen LogP contribution is 2.37. The van der Waals surface area contributed by atoms with Gasteiger partial charge in [0.15, 0.2) is 9.43 Å². The summed E-state index contributed by atoms with van der Waals surface area (Å²) in [7, 11) is 0. The first kappa shape index (κ1) is 24.3. The van der Waals surface area contributed by atoms with Crippen LogP contribution in [0.4, 0.5) is 11.4 Å². The lowest BCUT2D eigenvalue weighted by molar-refractivity contribution is 0.0926. The minimum absolute atomic E-state index is 0.304. The molecule has 0 radical (unpaired) electrons. The number of imide groups is 1. The van der Waals surface area contributed by atoms with Gasteiger partial charge in [-0.25, -0.2) is 9.88 Å². The van der Waals surface area contributed by atoms with Crippen LogP contribution in [-0.4, -0.2) is 23.0 Å². The third kappa shape index (κ3) is 4.80. The van der Waals surface area contributed by atoms with Gasteiger partial charge in [0, 0.05) is 0 Å². The number of fused-ring (bicyclic) bond motifs is 2. The lowest BCUT2D eigenvalue weighted by atomic mass is 10.1. The van der Waals surface area contributed by atoms with Crippen molar-refractivity contribution in [3.05, 3.63) is 101 Å². The number of unbranched alkanes of at least 4 members (excludes halogenated alkanes) is 1. The number of benzene rings is 3. The second kappa shape index (κ2) is 10.4. The van der Waals surface area contributed by atoms with Crippen molar-refractivity contribution in [3.8, 4) is 0 Å². The molecule has 1 aliphatic rings. The number of amides is 2. The summed E-state index contributed by atoms with van der Waals surface area (Å²) < 4.78 is 7.63. The highest BCUT2D eigenvalue weighted by atomic mass is 32.2. The first-order chi connectivity index (χ1) is 18.6. The van der Waals surface area contributed by atoms with Crippen molar-refractivity contribution in [2.75, 3.05) is 4.90 Å². The molecule has 0 saturated heterocycles. The van der Waals surface area contributed by atoms with Crippen LogP contribution in [0.15, 0.2) is 97.7 Å². The monoisotopic (exact) mass is 537 g/mol. The number of hydrogen-bond acceptors (Lipinski definition) is 7. The third-order valence-electron chi connectivity index (χ3n) is 6.29. The van der Waals surface area contributed by atoms with E-state index in [2.05, 4.69) is 29.0 Å². The maximum Gasteiger partial charge on any atom is 0.266 e. The van der Waals surface area contributed by atoms with Gasteiger partial charge in [0.1, 0.15) is 5.76 Å². The number of furan rings is 1. The Balaban J connectivity index is 1.15. The third-order valence-corrected chi connectivity index (χ3v) is 8.29. The summed E-state index contributed by atoms with van der Waals surface area (Å²) in [6, 6.07) is 24.4. The second-order valence-electron chi connectivity index (χ2n) is 8.91. The molecule has 0 saturated carbocycles. The zero-order chi connectivity index (χ0) is 26.1. The van der Waals surface area contributed by atoms with Crippen molar-refractivity contribution in [3.63, 3.8) is 0 Å². The Bertz CT molecular complexity index is 1650. The summed E-state index contributed by atoms with van der Waals surface area (Å²) in [5, 5.41) is 0.709. The maximum atomic E-state index is 12.9. The van der Waals surface area contributed by atoms with Crippen molar-refractivity contribution < 1.29 is 14.0 Å². The van der Waals surface area contributed by atoms with Crippen molar-refractivity contribution in [1.29, 1.82) is 0 Å². The first-order valence-corrected chi connectivity index (χ1v) is 14.0. The number of thiazole rings is 1. The van der Waals surface area contributed by atoms with Gasteiger partial charge in [-0.2, -0.15) is 0 Å². The Morgan fingerprint density at radius 1 is 0.974 bits per heavy atom. The molecule has 2 amide bonds. The van der Waals surface area contributed by atoms with Gasteiger partial charge in [0.2, 0.25) is 0 Å².